The fourth-order valence-corrected chi connectivity index (χ4v) is 1.76. The molecule has 0 fully saturated rings. The van der Waals surface area contributed by atoms with Crippen molar-refractivity contribution in [3.63, 3.8) is 0 Å². The summed E-state index contributed by atoms with van der Waals surface area (Å²) in [4.78, 5) is 34.8. The van der Waals surface area contributed by atoms with Crippen LogP contribution in [0.5, 0.6) is 5.75 Å². The number of fused-ring (bicyclic) bond motifs is 1. The van der Waals surface area contributed by atoms with Crippen LogP contribution in [0.15, 0.2) is 30.0 Å². The molecule has 18 heavy (non-hydrogen) atoms. The zero-order valence-electron chi connectivity index (χ0n) is 9.85. The number of ether oxygens (including phenoxy) is 2. The predicted octanol–water partition coefficient (Wildman–Crippen LogP) is 1.52. The minimum absolute atomic E-state index is 0.128. The molecule has 92 valence electrons. The lowest BCUT2D eigenvalue weighted by Gasteiger charge is -2.16. The Balaban J connectivity index is 2.55. The Morgan fingerprint density at radius 3 is 2.56 bits per heavy atom. The maximum absolute atomic E-state index is 12.1. The number of esters is 1. The maximum atomic E-state index is 12.1. The van der Waals surface area contributed by atoms with Gasteiger partial charge in [-0.05, 0) is 6.07 Å². The summed E-state index contributed by atoms with van der Waals surface area (Å²) in [6.07, 6.45) is 1.02. The monoisotopic (exact) mass is 246 g/mol. The van der Waals surface area contributed by atoms with Crippen molar-refractivity contribution in [3.05, 3.63) is 41.2 Å². The van der Waals surface area contributed by atoms with Crippen molar-refractivity contribution >= 4 is 17.5 Å². The van der Waals surface area contributed by atoms with Gasteiger partial charge in [-0.15, -0.1) is 0 Å². The molecule has 0 aromatic heterocycles. The molecule has 1 aromatic rings. The number of ketones is 2. The molecular formula is C13H10O5. The number of hydrogen-bond donors (Lipinski definition) is 0. The molecular weight excluding hydrogens is 236 g/mol. The summed E-state index contributed by atoms with van der Waals surface area (Å²) < 4.78 is 9.77. The summed E-state index contributed by atoms with van der Waals surface area (Å²) >= 11 is 0. The first kappa shape index (κ1) is 12.0. The quantitative estimate of drug-likeness (QED) is 0.740. The Morgan fingerprint density at radius 2 is 1.94 bits per heavy atom. The van der Waals surface area contributed by atoms with Crippen molar-refractivity contribution in [2.75, 3.05) is 7.11 Å². The van der Waals surface area contributed by atoms with Gasteiger partial charge in [-0.25, -0.2) is 0 Å². The van der Waals surface area contributed by atoms with Crippen LogP contribution in [0.25, 0.3) is 0 Å². The van der Waals surface area contributed by atoms with E-state index in [2.05, 4.69) is 0 Å². The second kappa shape index (κ2) is 4.44. The topological polar surface area (TPSA) is 69.7 Å². The van der Waals surface area contributed by atoms with E-state index in [4.69, 9.17) is 9.47 Å². The van der Waals surface area contributed by atoms with Crippen LogP contribution >= 0.6 is 0 Å². The van der Waals surface area contributed by atoms with Gasteiger partial charge in [0.15, 0.2) is 11.5 Å². The maximum Gasteiger partial charge on any atom is 0.308 e. The molecule has 0 aliphatic heterocycles. The van der Waals surface area contributed by atoms with E-state index < -0.39 is 11.8 Å². The average molecular weight is 246 g/mol. The molecule has 0 N–H and O–H groups in total. The lowest BCUT2D eigenvalue weighted by atomic mass is 9.93. The predicted molar refractivity (Wildman–Crippen MR) is 61.5 cm³/mol. The molecule has 1 aliphatic rings. The third-order valence-electron chi connectivity index (χ3n) is 2.48. The number of benzene rings is 1. The first-order valence-corrected chi connectivity index (χ1v) is 5.20. The van der Waals surface area contributed by atoms with Gasteiger partial charge < -0.3 is 9.47 Å². The van der Waals surface area contributed by atoms with Crippen LogP contribution in [0.4, 0.5) is 0 Å². The van der Waals surface area contributed by atoms with Crippen LogP contribution in [-0.2, 0) is 9.53 Å². The number of rotatable bonds is 2. The van der Waals surface area contributed by atoms with E-state index in [1.54, 1.807) is 12.1 Å². The van der Waals surface area contributed by atoms with Crippen LogP contribution in [0.2, 0.25) is 0 Å². The molecule has 0 unspecified atom stereocenters. The lowest BCUT2D eigenvalue weighted by Crippen LogP contribution is -2.20. The molecule has 0 amide bonds. The Bertz CT molecular complexity index is 583. The molecule has 2 rings (SSSR count). The second-order valence-electron chi connectivity index (χ2n) is 3.68. The highest BCUT2D eigenvalue weighted by Gasteiger charge is 2.30. The van der Waals surface area contributed by atoms with E-state index in [1.807, 2.05) is 0 Å². The summed E-state index contributed by atoms with van der Waals surface area (Å²) in [6.45, 7) is 1.16. The van der Waals surface area contributed by atoms with Crippen molar-refractivity contribution in [3.8, 4) is 5.75 Å². The van der Waals surface area contributed by atoms with Gasteiger partial charge in [0.25, 0.3) is 0 Å². The van der Waals surface area contributed by atoms with Crippen LogP contribution in [0.1, 0.15) is 27.6 Å². The zero-order valence-corrected chi connectivity index (χ0v) is 9.85. The smallest absolute Gasteiger partial charge is 0.308 e. The minimum atomic E-state index is -0.652. The highest BCUT2D eigenvalue weighted by molar-refractivity contribution is 6.25. The fourth-order valence-electron chi connectivity index (χ4n) is 1.76. The average Bonchev–Trinajstić information content (AvgIpc) is 2.34. The highest BCUT2D eigenvalue weighted by Crippen LogP contribution is 2.29. The number of carbonyl (C=O) groups is 3. The Labute approximate surface area is 103 Å². The van der Waals surface area contributed by atoms with Gasteiger partial charge in [-0.1, -0.05) is 12.1 Å². The summed E-state index contributed by atoms with van der Waals surface area (Å²) in [7, 11) is 1.40. The minimum Gasteiger partial charge on any atom is -0.496 e. The van der Waals surface area contributed by atoms with Gasteiger partial charge in [0.2, 0.25) is 5.78 Å². The van der Waals surface area contributed by atoms with Crippen LogP contribution in [0, 0.1) is 0 Å². The Morgan fingerprint density at radius 1 is 1.22 bits per heavy atom. The number of methoxy groups -OCH3 is 1. The van der Waals surface area contributed by atoms with E-state index in [1.165, 1.54) is 13.2 Å². The van der Waals surface area contributed by atoms with Gasteiger partial charge in [0.1, 0.15) is 5.75 Å². The van der Waals surface area contributed by atoms with E-state index in [0.717, 1.165) is 13.0 Å². The van der Waals surface area contributed by atoms with Crippen molar-refractivity contribution in [2.45, 2.75) is 6.92 Å². The lowest BCUT2D eigenvalue weighted by molar-refractivity contribution is -0.136. The second-order valence-corrected chi connectivity index (χ2v) is 3.68. The number of carbonyl (C=O) groups excluding carboxylic acids is 3. The SMILES string of the molecule is COc1cccc2c1C(=O)C(OC(C)=O)=CC2=O. The molecule has 1 aliphatic carbocycles. The van der Waals surface area contributed by atoms with Crippen LogP contribution < -0.4 is 4.74 Å². The summed E-state index contributed by atoms with van der Waals surface area (Å²) in [5.74, 6) is -1.56. The normalized spacial score (nSPS) is 13.8. The summed E-state index contributed by atoms with van der Waals surface area (Å²) in [6, 6.07) is 4.72. The number of hydrogen-bond acceptors (Lipinski definition) is 5. The molecule has 0 saturated carbocycles. The molecule has 5 heteroatoms. The van der Waals surface area contributed by atoms with Gasteiger partial charge >= 0.3 is 5.97 Å². The molecule has 0 heterocycles. The zero-order chi connectivity index (χ0) is 13.3. The van der Waals surface area contributed by atoms with Gasteiger partial charge in [0.05, 0.1) is 12.7 Å². The van der Waals surface area contributed by atoms with Crippen molar-refractivity contribution in [1.29, 1.82) is 0 Å². The van der Waals surface area contributed by atoms with Gasteiger partial charge in [-0.3, -0.25) is 14.4 Å². The molecule has 5 nitrogen and oxygen atoms in total. The van der Waals surface area contributed by atoms with Crippen molar-refractivity contribution in [1.82, 2.24) is 0 Å². The first-order chi connectivity index (χ1) is 8.54. The van der Waals surface area contributed by atoms with Crippen molar-refractivity contribution < 1.29 is 23.9 Å². The fraction of sp³-hybridized carbons (Fsp3) is 0.154. The van der Waals surface area contributed by atoms with E-state index >= 15 is 0 Å². The number of Topliss-reactive ketones (excluding diaryl/α,β-unsaturated/α-hetero) is 1. The first-order valence-electron chi connectivity index (χ1n) is 5.20. The molecule has 0 saturated heterocycles. The largest absolute Gasteiger partial charge is 0.496 e. The Hall–Kier alpha value is -2.43. The van der Waals surface area contributed by atoms with E-state index in [-0.39, 0.29) is 28.4 Å². The molecule has 0 atom stereocenters. The molecule has 1 aromatic carbocycles. The van der Waals surface area contributed by atoms with E-state index in [9.17, 15) is 14.4 Å². The highest BCUT2D eigenvalue weighted by atomic mass is 16.5. The third-order valence-corrected chi connectivity index (χ3v) is 2.48. The van der Waals surface area contributed by atoms with Crippen LogP contribution in [-0.4, -0.2) is 24.6 Å². The standard InChI is InChI=1S/C13H10O5/c1-7(14)18-11-6-9(15)8-4-3-5-10(17-2)12(8)13(11)16/h3-6H,1-2H3. The molecule has 0 spiro atoms. The van der Waals surface area contributed by atoms with Crippen molar-refractivity contribution in [2.24, 2.45) is 0 Å². The Kier molecular flexibility index (Phi) is 2.97. The summed E-state index contributed by atoms with van der Waals surface area (Å²) in [5, 5.41) is 0. The molecule has 0 radical (unpaired) electrons. The third kappa shape index (κ3) is 1.90. The number of allylic oxidation sites excluding steroid dienone is 2. The van der Waals surface area contributed by atoms with Gasteiger partial charge in [0, 0.05) is 18.6 Å². The van der Waals surface area contributed by atoms with E-state index in [0.29, 0.717) is 0 Å². The van der Waals surface area contributed by atoms with Gasteiger partial charge in [-0.2, -0.15) is 0 Å². The van der Waals surface area contributed by atoms with Crippen LogP contribution in [0.3, 0.4) is 0 Å². The molecule has 0 bridgehead atoms. The summed E-state index contributed by atoms with van der Waals surface area (Å²) in [5.41, 5.74) is 0.374.